The largest absolute Gasteiger partial charge is 0.494 e. The molecule has 0 aliphatic carbocycles. The predicted molar refractivity (Wildman–Crippen MR) is 119 cm³/mol. The van der Waals surface area contributed by atoms with Gasteiger partial charge in [0.05, 0.1) is 12.9 Å². The smallest absolute Gasteiger partial charge is 0.233 e. The quantitative estimate of drug-likeness (QED) is 0.473. The normalized spacial score (nSPS) is 10.7. The highest BCUT2D eigenvalue weighted by molar-refractivity contribution is 8.01. The highest BCUT2D eigenvalue weighted by Gasteiger charge is 2.15. The second-order valence-electron chi connectivity index (χ2n) is 6.53. The van der Waals surface area contributed by atoms with Gasteiger partial charge in [0.25, 0.3) is 0 Å². The zero-order valence-electron chi connectivity index (χ0n) is 17.0. The molecular weight excluding hydrogens is 423 g/mol. The highest BCUT2D eigenvalue weighted by atomic mass is 32.2. The molecule has 0 saturated carbocycles. The molecule has 0 bridgehead atoms. The Morgan fingerprint density at radius 2 is 2.10 bits per heavy atom. The first-order chi connectivity index (χ1) is 14.5. The summed E-state index contributed by atoms with van der Waals surface area (Å²) in [5, 5.41) is 12.2. The van der Waals surface area contributed by atoms with Gasteiger partial charge in [-0.25, -0.2) is 4.39 Å². The van der Waals surface area contributed by atoms with E-state index in [9.17, 15) is 9.18 Å². The van der Waals surface area contributed by atoms with E-state index in [1.165, 1.54) is 36.3 Å². The molecule has 2 aromatic carbocycles. The fourth-order valence-corrected chi connectivity index (χ4v) is 4.46. The van der Waals surface area contributed by atoms with Gasteiger partial charge < -0.3 is 15.0 Å². The van der Waals surface area contributed by atoms with E-state index in [1.807, 2.05) is 38.1 Å². The van der Waals surface area contributed by atoms with Crippen LogP contribution in [0.5, 0.6) is 5.75 Å². The maximum Gasteiger partial charge on any atom is 0.233 e. The van der Waals surface area contributed by atoms with E-state index < -0.39 is 5.82 Å². The van der Waals surface area contributed by atoms with Crippen LogP contribution in [0.4, 0.5) is 15.2 Å². The number of aromatic nitrogens is 2. The van der Waals surface area contributed by atoms with Crippen molar-refractivity contribution in [3.63, 3.8) is 0 Å². The molecule has 3 rings (SSSR count). The molecule has 0 unspecified atom stereocenters. The van der Waals surface area contributed by atoms with Crippen molar-refractivity contribution in [2.24, 2.45) is 0 Å². The Kier molecular flexibility index (Phi) is 7.64. The molecule has 9 heteroatoms. The minimum Gasteiger partial charge on any atom is -0.494 e. The third kappa shape index (κ3) is 5.93. The van der Waals surface area contributed by atoms with Crippen molar-refractivity contribution in [2.75, 3.05) is 24.7 Å². The Bertz CT molecular complexity index is 1010. The molecule has 0 aliphatic rings. The number of hydrogen-bond acceptors (Lipinski definition) is 7. The number of carbonyl (C=O) groups excluding carboxylic acids is 1. The first-order valence-electron chi connectivity index (χ1n) is 9.38. The van der Waals surface area contributed by atoms with Crippen LogP contribution < -0.4 is 10.1 Å². The van der Waals surface area contributed by atoms with E-state index in [0.717, 1.165) is 11.3 Å². The van der Waals surface area contributed by atoms with Crippen LogP contribution >= 0.6 is 23.1 Å². The number of nitrogens with one attached hydrogen (secondary N) is 1. The molecule has 0 atom stereocenters. The van der Waals surface area contributed by atoms with Crippen LogP contribution in [0, 0.1) is 12.7 Å². The number of ether oxygens (including phenoxy) is 1. The van der Waals surface area contributed by atoms with Gasteiger partial charge in [-0.3, -0.25) is 4.79 Å². The molecule has 3 aromatic rings. The van der Waals surface area contributed by atoms with Crippen LogP contribution in [0.15, 0.2) is 46.8 Å². The van der Waals surface area contributed by atoms with Crippen molar-refractivity contribution in [2.45, 2.75) is 24.7 Å². The van der Waals surface area contributed by atoms with E-state index in [1.54, 1.807) is 17.0 Å². The number of benzene rings is 2. The minimum atomic E-state index is -0.435. The average molecular weight is 447 g/mol. The van der Waals surface area contributed by atoms with Crippen molar-refractivity contribution in [3.05, 3.63) is 59.4 Å². The van der Waals surface area contributed by atoms with Crippen LogP contribution in [0.25, 0.3) is 0 Å². The lowest BCUT2D eigenvalue weighted by atomic mass is 10.2. The van der Waals surface area contributed by atoms with Crippen molar-refractivity contribution < 1.29 is 13.9 Å². The van der Waals surface area contributed by atoms with Gasteiger partial charge in [0.2, 0.25) is 11.0 Å². The van der Waals surface area contributed by atoms with E-state index >= 15 is 0 Å². The first-order valence-corrected chi connectivity index (χ1v) is 11.2. The van der Waals surface area contributed by atoms with Crippen molar-refractivity contribution in [1.29, 1.82) is 0 Å². The van der Waals surface area contributed by atoms with Gasteiger partial charge in [0, 0.05) is 18.8 Å². The second-order valence-corrected chi connectivity index (χ2v) is 8.73. The molecule has 0 spiro atoms. The first kappa shape index (κ1) is 22.0. The molecule has 1 amide bonds. The van der Waals surface area contributed by atoms with Gasteiger partial charge in [-0.15, -0.1) is 10.2 Å². The number of nitrogens with zero attached hydrogens (tertiary/aromatic N) is 3. The number of rotatable bonds is 9. The second kappa shape index (κ2) is 10.4. The number of amides is 1. The SMILES string of the molecule is CCN(Cc1ccc(OC)c(F)c1)C(=O)CSc1nnc(Nc2cccc(C)c2)s1. The summed E-state index contributed by atoms with van der Waals surface area (Å²) in [4.78, 5) is 14.3. The summed E-state index contributed by atoms with van der Waals surface area (Å²) in [6.45, 7) is 4.80. The van der Waals surface area contributed by atoms with E-state index in [-0.39, 0.29) is 17.4 Å². The summed E-state index contributed by atoms with van der Waals surface area (Å²) < 4.78 is 19.6. The Morgan fingerprint density at radius 3 is 2.80 bits per heavy atom. The minimum absolute atomic E-state index is 0.0397. The Labute approximate surface area is 183 Å². The van der Waals surface area contributed by atoms with Gasteiger partial charge in [0.1, 0.15) is 0 Å². The average Bonchev–Trinajstić information content (AvgIpc) is 3.17. The molecule has 30 heavy (non-hydrogen) atoms. The standard InChI is InChI=1S/C21H23FN4O2S2/c1-4-26(12-15-8-9-18(28-3)17(22)11-15)19(27)13-29-21-25-24-20(30-21)23-16-7-5-6-14(2)10-16/h5-11H,4,12-13H2,1-3H3,(H,23,24). The maximum absolute atomic E-state index is 13.9. The Hall–Kier alpha value is -2.65. The van der Waals surface area contributed by atoms with Crippen LogP contribution in [0.2, 0.25) is 0 Å². The van der Waals surface area contributed by atoms with Crippen LogP contribution in [0.1, 0.15) is 18.1 Å². The summed E-state index contributed by atoms with van der Waals surface area (Å²) in [5.74, 6) is -0.0431. The number of methoxy groups -OCH3 is 1. The van der Waals surface area contributed by atoms with Crippen molar-refractivity contribution in [1.82, 2.24) is 15.1 Å². The zero-order valence-corrected chi connectivity index (χ0v) is 18.6. The predicted octanol–water partition coefficient (Wildman–Crippen LogP) is 4.88. The summed E-state index contributed by atoms with van der Waals surface area (Å²) in [6, 6.07) is 12.7. The maximum atomic E-state index is 13.9. The number of hydrogen-bond donors (Lipinski definition) is 1. The van der Waals surface area contributed by atoms with E-state index in [2.05, 4.69) is 15.5 Å². The third-order valence-corrected chi connectivity index (χ3v) is 6.28. The van der Waals surface area contributed by atoms with Gasteiger partial charge in [-0.05, 0) is 49.2 Å². The van der Waals surface area contributed by atoms with Crippen LogP contribution in [-0.2, 0) is 11.3 Å². The lowest BCUT2D eigenvalue weighted by Crippen LogP contribution is -2.31. The number of anilines is 2. The molecule has 0 saturated heterocycles. The molecule has 1 N–H and O–H groups in total. The number of carbonyl (C=O) groups is 1. The molecule has 0 aliphatic heterocycles. The summed E-state index contributed by atoms with van der Waals surface area (Å²) in [6.07, 6.45) is 0. The van der Waals surface area contributed by atoms with E-state index in [0.29, 0.717) is 28.1 Å². The van der Waals surface area contributed by atoms with Gasteiger partial charge in [-0.2, -0.15) is 0 Å². The fourth-order valence-electron chi connectivity index (χ4n) is 2.78. The Balaban J connectivity index is 1.55. The van der Waals surface area contributed by atoms with Crippen LogP contribution in [-0.4, -0.2) is 40.4 Å². The summed E-state index contributed by atoms with van der Waals surface area (Å²) in [5.41, 5.74) is 2.82. The number of aryl methyl sites for hydroxylation is 1. The highest BCUT2D eigenvalue weighted by Crippen LogP contribution is 2.28. The molecular formula is C21H23FN4O2S2. The lowest BCUT2D eigenvalue weighted by Gasteiger charge is -2.21. The number of thioether (sulfide) groups is 1. The molecule has 1 heterocycles. The lowest BCUT2D eigenvalue weighted by molar-refractivity contribution is -0.128. The third-order valence-electron chi connectivity index (χ3n) is 4.32. The van der Waals surface area contributed by atoms with E-state index in [4.69, 9.17) is 4.74 Å². The zero-order chi connectivity index (χ0) is 21.5. The van der Waals surface area contributed by atoms with Gasteiger partial charge >= 0.3 is 0 Å². The Morgan fingerprint density at radius 1 is 1.27 bits per heavy atom. The van der Waals surface area contributed by atoms with Gasteiger partial charge in [0.15, 0.2) is 15.9 Å². The molecule has 6 nitrogen and oxygen atoms in total. The summed E-state index contributed by atoms with van der Waals surface area (Å²) >= 11 is 2.75. The number of halogens is 1. The summed E-state index contributed by atoms with van der Waals surface area (Å²) in [7, 11) is 1.42. The molecule has 0 fully saturated rings. The van der Waals surface area contributed by atoms with Crippen LogP contribution in [0.3, 0.4) is 0 Å². The molecule has 158 valence electrons. The molecule has 1 aromatic heterocycles. The monoisotopic (exact) mass is 446 g/mol. The van der Waals surface area contributed by atoms with Crippen molar-refractivity contribution in [3.8, 4) is 5.75 Å². The topological polar surface area (TPSA) is 67.3 Å². The van der Waals surface area contributed by atoms with Gasteiger partial charge in [-0.1, -0.05) is 41.3 Å². The fraction of sp³-hybridized carbons (Fsp3) is 0.286. The molecule has 0 radical (unpaired) electrons. The van der Waals surface area contributed by atoms with Crippen molar-refractivity contribution >= 4 is 39.8 Å².